The SMILES string of the molecule is Cc1c(N)cnn1CC(=O)N(C)C(C)C. The lowest BCUT2D eigenvalue weighted by Gasteiger charge is -2.21. The zero-order valence-corrected chi connectivity index (χ0v) is 9.69. The van der Waals surface area contributed by atoms with E-state index < -0.39 is 0 Å². The normalized spacial score (nSPS) is 10.7. The molecule has 5 heteroatoms. The molecule has 0 unspecified atom stereocenters. The van der Waals surface area contributed by atoms with Crippen molar-refractivity contribution in [1.29, 1.82) is 0 Å². The van der Waals surface area contributed by atoms with Crippen molar-refractivity contribution in [2.45, 2.75) is 33.4 Å². The Morgan fingerprint density at radius 3 is 2.67 bits per heavy atom. The van der Waals surface area contributed by atoms with E-state index in [2.05, 4.69) is 5.10 Å². The third-order valence-electron chi connectivity index (χ3n) is 2.59. The summed E-state index contributed by atoms with van der Waals surface area (Å²) in [6.45, 7) is 6.05. The summed E-state index contributed by atoms with van der Waals surface area (Å²) in [7, 11) is 1.79. The summed E-state index contributed by atoms with van der Waals surface area (Å²) < 4.78 is 1.62. The molecule has 15 heavy (non-hydrogen) atoms. The van der Waals surface area contributed by atoms with Crippen LogP contribution in [0.15, 0.2) is 6.20 Å². The van der Waals surface area contributed by atoms with Gasteiger partial charge in [0, 0.05) is 13.1 Å². The summed E-state index contributed by atoms with van der Waals surface area (Å²) in [4.78, 5) is 13.4. The van der Waals surface area contributed by atoms with Crippen molar-refractivity contribution in [2.75, 3.05) is 12.8 Å². The topological polar surface area (TPSA) is 64.1 Å². The number of nitrogen functional groups attached to an aromatic ring is 1. The molecule has 1 amide bonds. The smallest absolute Gasteiger partial charge is 0.244 e. The van der Waals surface area contributed by atoms with E-state index in [1.54, 1.807) is 22.8 Å². The largest absolute Gasteiger partial charge is 0.396 e. The number of nitrogens with two attached hydrogens (primary N) is 1. The number of carbonyl (C=O) groups excluding carboxylic acids is 1. The number of carbonyl (C=O) groups is 1. The van der Waals surface area contributed by atoms with Crippen LogP contribution in [-0.4, -0.2) is 33.7 Å². The number of anilines is 1. The average Bonchev–Trinajstić information content (AvgIpc) is 2.48. The highest BCUT2D eigenvalue weighted by Gasteiger charge is 2.14. The molecule has 84 valence electrons. The zero-order chi connectivity index (χ0) is 11.6. The lowest BCUT2D eigenvalue weighted by Crippen LogP contribution is -2.35. The minimum absolute atomic E-state index is 0.0381. The van der Waals surface area contributed by atoms with Gasteiger partial charge in [-0.3, -0.25) is 9.48 Å². The van der Waals surface area contributed by atoms with Crippen LogP contribution in [0.2, 0.25) is 0 Å². The first-order valence-corrected chi connectivity index (χ1v) is 4.97. The number of nitrogens with zero attached hydrogens (tertiary/aromatic N) is 3. The summed E-state index contributed by atoms with van der Waals surface area (Å²) in [6, 6.07) is 0.200. The number of amides is 1. The van der Waals surface area contributed by atoms with E-state index in [0.717, 1.165) is 5.69 Å². The molecule has 2 N–H and O–H groups in total. The molecule has 0 saturated carbocycles. The maximum atomic E-state index is 11.7. The standard InChI is InChI=1S/C10H18N4O/c1-7(2)13(4)10(15)6-14-8(3)9(11)5-12-14/h5,7H,6,11H2,1-4H3. The van der Waals surface area contributed by atoms with Crippen LogP contribution in [0.1, 0.15) is 19.5 Å². The van der Waals surface area contributed by atoms with E-state index in [-0.39, 0.29) is 18.5 Å². The van der Waals surface area contributed by atoms with Gasteiger partial charge in [0.05, 0.1) is 17.6 Å². The quantitative estimate of drug-likeness (QED) is 0.796. The molecule has 1 rings (SSSR count). The monoisotopic (exact) mass is 210 g/mol. The summed E-state index contributed by atoms with van der Waals surface area (Å²) in [5.41, 5.74) is 7.10. The molecule has 0 fully saturated rings. The molecule has 1 aromatic heterocycles. The second-order valence-electron chi connectivity index (χ2n) is 3.94. The zero-order valence-electron chi connectivity index (χ0n) is 9.69. The molecule has 0 saturated heterocycles. The first-order chi connectivity index (χ1) is 6.93. The first-order valence-electron chi connectivity index (χ1n) is 4.97. The Bertz CT molecular complexity index is 356. The van der Waals surface area contributed by atoms with Gasteiger partial charge in [-0.15, -0.1) is 0 Å². The fourth-order valence-electron chi connectivity index (χ4n) is 1.15. The van der Waals surface area contributed by atoms with Crippen molar-refractivity contribution < 1.29 is 4.79 Å². The Balaban J connectivity index is 2.71. The third-order valence-corrected chi connectivity index (χ3v) is 2.59. The molecule has 5 nitrogen and oxygen atoms in total. The van der Waals surface area contributed by atoms with Crippen LogP contribution >= 0.6 is 0 Å². The van der Waals surface area contributed by atoms with Gasteiger partial charge in [0.1, 0.15) is 6.54 Å². The van der Waals surface area contributed by atoms with E-state index in [4.69, 9.17) is 5.73 Å². The van der Waals surface area contributed by atoms with Crippen molar-refractivity contribution in [3.05, 3.63) is 11.9 Å². The summed E-state index contributed by atoms with van der Waals surface area (Å²) in [5, 5.41) is 4.04. The van der Waals surface area contributed by atoms with Crippen LogP contribution in [-0.2, 0) is 11.3 Å². The predicted molar refractivity (Wildman–Crippen MR) is 59.3 cm³/mol. The Labute approximate surface area is 89.9 Å². The fourth-order valence-corrected chi connectivity index (χ4v) is 1.15. The van der Waals surface area contributed by atoms with Gasteiger partial charge < -0.3 is 10.6 Å². The van der Waals surface area contributed by atoms with Crippen molar-refractivity contribution in [3.63, 3.8) is 0 Å². The van der Waals surface area contributed by atoms with Crippen molar-refractivity contribution >= 4 is 11.6 Å². The summed E-state index contributed by atoms with van der Waals surface area (Å²) in [6.07, 6.45) is 1.57. The Kier molecular flexibility index (Phi) is 3.34. The number of aromatic nitrogens is 2. The summed E-state index contributed by atoms with van der Waals surface area (Å²) >= 11 is 0. The van der Waals surface area contributed by atoms with Gasteiger partial charge in [-0.2, -0.15) is 5.10 Å². The Hall–Kier alpha value is -1.52. The number of likely N-dealkylation sites (N-methyl/N-ethyl adjacent to an activating group) is 1. The van der Waals surface area contributed by atoms with Crippen molar-refractivity contribution in [3.8, 4) is 0 Å². The first kappa shape index (κ1) is 11.6. The van der Waals surface area contributed by atoms with E-state index in [1.165, 1.54) is 0 Å². The molecule has 0 radical (unpaired) electrons. The Morgan fingerprint density at radius 2 is 2.27 bits per heavy atom. The van der Waals surface area contributed by atoms with E-state index in [1.807, 2.05) is 20.8 Å². The molecule has 0 bridgehead atoms. The fraction of sp³-hybridized carbons (Fsp3) is 0.600. The lowest BCUT2D eigenvalue weighted by molar-refractivity contribution is -0.132. The molecule has 0 aliphatic heterocycles. The number of hydrogen-bond donors (Lipinski definition) is 1. The van der Waals surface area contributed by atoms with E-state index in [0.29, 0.717) is 5.69 Å². The Morgan fingerprint density at radius 1 is 1.67 bits per heavy atom. The van der Waals surface area contributed by atoms with E-state index in [9.17, 15) is 4.79 Å². The van der Waals surface area contributed by atoms with Crippen LogP contribution in [0, 0.1) is 6.92 Å². The lowest BCUT2D eigenvalue weighted by atomic mass is 10.3. The minimum atomic E-state index is 0.0381. The molecule has 1 aromatic rings. The van der Waals surface area contributed by atoms with Gasteiger partial charge >= 0.3 is 0 Å². The third kappa shape index (κ3) is 2.49. The van der Waals surface area contributed by atoms with Gasteiger partial charge in [0.2, 0.25) is 5.91 Å². The molecule has 0 aliphatic carbocycles. The molecule has 0 aromatic carbocycles. The molecule has 0 spiro atoms. The molecular weight excluding hydrogens is 192 g/mol. The van der Waals surface area contributed by atoms with Gasteiger partial charge in [-0.05, 0) is 20.8 Å². The highest BCUT2D eigenvalue weighted by Crippen LogP contribution is 2.08. The van der Waals surface area contributed by atoms with Crippen molar-refractivity contribution in [2.24, 2.45) is 0 Å². The predicted octanol–water partition coefficient (Wildman–Crippen LogP) is 0.641. The van der Waals surface area contributed by atoms with Gasteiger partial charge in [0.25, 0.3) is 0 Å². The molecule has 1 heterocycles. The van der Waals surface area contributed by atoms with Crippen LogP contribution in [0.25, 0.3) is 0 Å². The second-order valence-corrected chi connectivity index (χ2v) is 3.94. The van der Waals surface area contributed by atoms with Crippen LogP contribution in [0.3, 0.4) is 0 Å². The average molecular weight is 210 g/mol. The summed E-state index contributed by atoms with van der Waals surface area (Å²) in [5.74, 6) is 0.0381. The van der Waals surface area contributed by atoms with Crippen LogP contribution in [0.5, 0.6) is 0 Å². The maximum Gasteiger partial charge on any atom is 0.244 e. The number of rotatable bonds is 3. The van der Waals surface area contributed by atoms with Crippen molar-refractivity contribution in [1.82, 2.24) is 14.7 Å². The second kappa shape index (κ2) is 4.33. The van der Waals surface area contributed by atoms with Gasteiger partial charge in [0.15, 0.2) is 0 Å². The number of hydrogen-bond acceptors (Lipinski definition) is 3. The highest BCUT2D eigenvalue weighted by molar-refractivity contribution is 5.76. The molecular formula is C10H18N4O. The van der Waals surface area contributed by atoms with E-state index >= 15 is 0 Å². The highest BCUT2D eigenvalue weighted by atomic mass is 16.2. The molecule has 0 atom stereocenters. The van der Waals surface area contributed by atoms with Crippen LogP contribution in [0.4, 0.5) is 5.69 Å². The van der Waals surface area contributed by atoms with Gasteiger partial charge in [-0.1, -0.05) is 0 Å². The maximum absolute atomic E-state index is 11.7. The van der Waals surface area contributed by atoms with Crippen LogP contribution < -0.4 is 5.73 Å². The minimum Gasteiger partial charge on any atom is -0.396 e. The van der Waals surface area contributed by atoms with Gasteiger partial charge in [-0.25, -0.2) is 0 Å². The molecule has 0 aliphatic rings.